The lowest BCUT2D eigenvalue weighted by Gasteiger charge is -2.21. The van der Waals surface area contributed by atoms with E-state index < -0.39 is 35.8 Å². The SMILES string of the molecule is O=c1cc2n(c(=O)[nH]1)C1OC(CN2)[C@@H](O)C1O. The van der Waals surface area contributed by atoms with E-state index in [2.05, 4.69) is 10.3 Å². The maximum absolute atomic E-state index is 11.7. The fourth-order valence-corrected chi connectivity index (χ4v) is 2.21. The number of aromatic nitrogens is 2. The van der Waals surface area contributed by atoms with Gasteiger partial charge in [-0.25, -0.2) is 9.36 Å². The van der Waals surface area contributed by atoms with Gasteiger partial charge in [0.25, 0.3) is 5.56 Å². The largest absolute Gasteiger partial charge is 0.387 e. The quantitative estimate of drug-likeness (QED) is 0.401. The molecule has 2 aliphatic heterocycles. The van der Waals surface area contributed by atoms with E-state index in [4.69, 9.17) is 4.74 Å². The Bertz CT molecular complexity index is 564. The second-order valence-electron chi connectivity index (χ2n) is 4.12. The number of fused-ring (bicyclic) bond motifs is 4. The van der Waals surface area contributed by atoms with Crippen LogP contribution < -0.4 is 16.6 Å². The van der Waals surface area contributed by atoms with E-state index >= 15 is 0 Å². The van der Waals surface area contributed by atoms with Crippen LogP contribution in [0.15, 0.2) is 15.7 Å². The predicted molar refractivity (Wildman–Crippen MR) is 55.7 cm³/mol. The number of nitrogens with one attached hydrogen (secondary N) is 2. The Morgan fingerprint density at radius 3 is 2.88 bits per heavy atom. The van der Waals surface area contributed by atoms with Gasteiger partial charge < -0.3 is 20.3 Å². The first kappa shape index (κ1) is 10.5. The number of rotatable bonds is 0. The maximum Gasteiger partial charge on any atom is 0.332 e. The molecule has 2 bridgehead atoms. The third-order valence-corrected chi connectivity index (χ3v) is 3.05. The van der Waals surface area contributed by atoms with Gasteiger partial charge in [0.15, 0.2) is 6.23 Å². The van der Waals surface area contributed by atoms with Crippen LogP contribution in [0.1, 0.15) is 6.23 Å². The van der Waals surface area contributed by atoms with Gasteiger partial charge in [-0.05, 0) is 0 Å². The molecule has 3 rings (SSSR count). The van der Waals surface area contributed by atoms with E-state index in [1.54, 1.807) is 0 Å². The van der Waals surface area contributed by atoms with Crippen molar-refractivity contribution in [1.82, 2.24) is 9.55 Å². The summed E-state index contributed by atoms with van der Waals surface area (Å²) in [7, 11) is 0. The predicted octanol–water partition coefficient (Wildman–Crippen LogP) is -2.42. The summed E-state index contributed by atoms with van der Waals surface area (Å²) in [5, 5.41) is 22.3. The van der Waals surface area contributed by atoms with Crippen LogP contribution in [0.5, 0.6) is 0 Å². The highest BCUT2D eigenvalue weighted by Gasteiger charge is 2.46. The summed E-state index contributed by atoms with van der Waals surface area (Å²) < 4.78 is 6.47. The van der Waals surface area contributed by atoms with Crippen LogP contribution in [-0.4, -0.2) is 44.6 Å². The molecule has 1 aromatic rings. The molecule has 1 fully saturated rings. The van der Waals surface area contributed by atoms with Crippen molar-refractivity contribution in [2.75, 3.05) is 11.9 Å². The minimum absolute atomic E-state index is 0.220. The first-order valence-electron chi connectivity index (χ1n) is 5.19. The van der Waals surface area contributed by atoms with E-state index in [-0.39, 0.29) is 12.4 Å². The lowest BCUT2D eigenvalue weighted by Crippen LogP contribution is -2.41. The average molecular weight is 241 g/mol. The highest BCUT2D eigenvalue weighted by molar-refractivity contribution is 5.36. The summed E-state index contributed by atoms with van der Waals surface area (Å²) in [6.45, 7) is 0.220. The molecule has 92 valence electrons. The lowest BCUT2D eigenvalue weighted by molar-refractivity contribution is -0.0308. The number of ether oxygens (including phenoxy) is 1. The van der Waals surface area contributed by atoms with Crippen molar-refractivity contribution in [3.8, 4) is 0 Å². The van der Waals surface area contributed by atoms with Crippen LogP contribution >= 0.6 is 0 Å². The summed E-state index contributed by atoms with van der Waals surface area (Å²) in [4.78, 5) is 24.9. The third-order valence-electron chi connectivity index (χ3n) is 3.05. The highest BCUT2D eigenvalue weighted by atomic mass is 16.6. The van der Waals surface area contributed by atoms with Gasteiger partial charge in [-0.3, -0.25) is 9.78 Å². The van der Waals surface area contributed by atoms with Crippen molar-refractivity contribution < 1.29 is 14.9 Å². The van der Waals surface area contributed by atoms with Crippen LogP contribution in [0.2, 0.25) is 0 Å². The van der Waals surface area contributed by atoms with Crippen LogP contribution in [0.3, 0.4) is 0 Å². The number of nitrogens with zero attached hydrogens (tertiary/aromatic N) is 1. The molecule has 4 N–H and O–H groups in total. The van der Waals surface area contributed by atoms with E-state index in [1.807, 2.05) is 0 Å². The number of aromatic amines is 1. The van der Waals surface area contributed by atoms with E-state index in [1.165, 1.54) is 6.07 Å². The number of hydrogen-bond acceptors (Lipinski definition) is 6. The Labute approximate surface area is 94.5 Å². The van der Waals surface area contributed by atoms with Crippen molar-refractivity contribution in [2.45, 2.75) is 24.5 Å². The third kappa shape index (κ3) is 1.42. The van der Waals surface area contributed by atoms with Crippen LogP contribution in [-0.2, 0) is 4.74 Å². The molecule has 1 aromatic heterocycles. The molecule has 0 spiro atoms. The molecule has 0 saturated carbocycles. The van der Waals surface area contributed by atoms with Gasteiger partial charge in [-0.1, -0.05) is 0 Å². The van der Waals surface area contributed by atoms with Gasteiger partial charge in [0, 0.05) is 12.6 Å². The molecule has 2 aliphatic rings. The Balaban J connectivity index is 2.20. The topological polar surface area (TPSA) is 117 Å². The second-order valence-corrected chi connectivity index (χ2v) is 4.12. The van der Waals surface area contributed by atoms with E-state index in [0.29, 0.717) is 0 Å². The molecule has 3 heterocycles. The molecule has 0 amide bonds. The van der Waals surface area contributed by atoms with E-state index in [9.17, 15) is 19.8 Å². The van der Waals surface area contributed by atoms with Crippen LogP contribution in [0.25, 0.3) is 0 Å². The average Bonchev–Trinajstić information content (AvgIpc) is 2.49. The molecule has 0 aliphatic carbocycles. The number of hydrogen-bond donors (Lipinski definition) is 4. The summed E-state index contributed by atoms with van der Waals surface area (Å²) in [5.74, 6) is 0.275. The van der Waals surface area contributed by atoms with Gasteiger partial charge in [0.2, 0.25) is 0 Å². The normalized spacial score (nSPS) is 34.9. The van der Waals surface area contributed by atoms with Gasteiger partial charge in [-0.2, -0.15) is 0 Å². The van der Waals surface area contributed by atoms with Gasteiger partial charge in [0.05, 0.1) is 0 Å². The van der Waals surface area contributed by atoms with Gasteiger partial charge in [0.1, 0.15) is 24.1 Å². The molecule has 4 atom stereocenters. The first-order chi connectivity index (χ1) is 8.08. The fraction of sp³-hybridized carbons (Fsp3) is 0.556. The van der Waals surface area contributed by atoms with Crippen molar-refractivity contribution in [3.05, 3.63) is 26.9 Å². The summed E-state index contributed by atoms with van der Waals surface area (Å²) in [5.41, 5.74) is -1.21. The standard InChI is InChI=1S/C9H11N3O5/c13-5-1-4-10-2-3-6(14)7(15)8(17-3)12(4)9(16)11-5/h1,3,6-8,10,14-15H,2H2,(H,11,13,16)/t3?,6-,7?,8?/m1/s1. The van der Waals surface area contributed by atoms with Gasteiger partial charge in [-0.15, -0.1) is 0 Å². The Kier molecular flexibility index (Phi) is 2.12. The van der Waals surface area contributed by atoms with Gasteiger partial charge >= 0.3 is 5.69 Å². The Morgan fingerprint density at radius 2 is 2.12 bits per heavy atom. The number of anilines is 1. The molecule has 1 saturated heterocycles. The first-order valence-corrected chi connectivity index (χ1v) is 5.19. The minimum atomic E-state index is -1.19. The number of H-pyrrole nitrogens is 1. The van der Waals surface area contributed by atoms with Crippen molar-refractivity contribution in [3.63, 3.8) is 0 Å². The monoisotopic (exact) mass is 241 g/mol. The summed E-state index contributed by atoms with van der Waals surface area (Å²) in [6, 6.07) is 1.21. The Hall–Kier alpha value is -1.64. The van der Waals surface area contributed by atoms with Crippen molar-refractivity contribution in [2.24, 2.45) is 0 Å². The second kappa shape index (κ2) is 3.42. The van der Waals surface area contributed by atoms with Crippen LogP contribution in [0, 0.1) is 0 Å². The minimum Gasteiger partial charge on any atom is -0.387 e. The molecule has 8 heteroatoms. The van der Waals surface area contributed by atoms with Crippen molar-refractivity contribution in [1.29, 1.82) is 0 Å². The highest BCUT2D eigenvalue weighted by Crippen LogP contribution is 2.32. The zero-order valence-electron chi connectivity index (χ0n) is 8.66. The van der Waals surface area contributed by atoms with E-state index in [0.717, 1.165) is 4.57 Å². The summed E-state index contributed by atoms with van der Waals surface area (Å²) in [6.07, 6.45) is -3.84. The zero-order chi connectivity index (χ0) is 12.2. The number of aliphatic hydroxyl groups is 2. The summed E-state index contributed by atoms with van der Waals surface area (Å²) >= 11 is 0. The molecular weight excluding hydrogens is 230 g/mol. The zero-order valence-corrected chi connectivity index (χ0v) is 8.66. The smallest absolute Gasteiger partial charge is 0.332 e. The molecule has 17 heavy (non-hydrogen) atoms. The van der Waals surface area contributed by atoms with Crippen LogP contribution in [0.4, 0.5) is 5.82 Å². The molecule has 8 nitrogen and oxygen atoms in total. The van der Waals surface area contributed by atoms with Crippen molar-refractivity contribution >= 4 is 5.82 Å². The molecule has 0 aromatic carbocycles. The number of aliphatic hydroxyl groups excluding tert-OH is 2. The lowest BCUT2D eigenvalue weighted by atomic mass is 10.1. The molecular formula is C9H11N3O5. The maximum atomic E-state index is 11.7. The Morgan fingerprint density at radius 1 is 1.35 bits per heavy atom. The fourth-order valence-electron chi connectivity index (χ4n) is 2.21. The molecule has 3 unspecified atom stereocenters. The molecule has 0 radical (unpaired) electrons.